The minimum Gasteiger partial charge on any atom is -0.492 e. The topological polar surface area (TPSA) is 77.5 Å². The summed E-state index contributed by atoms with van der Waals surface area (Å²) in [5.74, 6) is 3.24. The van der Waals surface area contributed by atoms with Crippen LogP contribution in [-0.4, -0.2) is 35.1 Å². The molecule has 6 nitrogen and oxygen atoms in total. The van der Waals surface area contributed by atoms with E-state index in [1.165, 1.54) is 31.9 Å². The number of carbonyl (C=O) groups excluding carboxylic acids is 1. The summed E-state index contributed by atoms with van der Waals surface area (Å²) >= 11 is 0. The van der Waals surface area contributed by atoms with Crippen LogP contribution in [-0.2, 0) is 11.0 Å². The molecule has 1 aromatic carbocycles. The van der Waals surface area contributed by atoms with Crippen LogP contribution in [0.2, 0.25) is 0 Å². The molecule has 7 heteroatoms. The van der Waals surface area contributed by atoms with Gasteiger partial charge < -0.3 is 9.47 Å². The quantitative estimate of drug-likeness (QED) is 0.658. The van der Waals surface area contributed by atoms with E-state index >= 15 is 0 Å². The summed E-state index contributed by atoms with van der Waals surface area (Å²) in [6.07, 6.45) is 8.17. The maximum atomic E-state index is 12.5. The van der Waals surface area contributed by atoms with E-state index in [1.807, 2.05) is 18.2 Å². The fourth-order valence-electron chi connectivity index (χ4n) is 5.69. The van der Waals surface area contributed by atoms with E-state index in [9.17, 15) is 9.00 Å². The lowest BCUT2D eigenvalue weighted by molar-refractivity contribution is 0.0983. The van der Waals surface area contributed by atoms with Crippen molar-refractivity contribution in [2.75, 3.05) is 20.0 Å². The molecule has 2 aliphatic rings. The first kappa shape index (κ1) is 22.8. The molecule has 3 atom stereocenters. The third-order valence-corrected chi connectivity index (χ3v) is 7.37. The summed E-state index contributed by atoms with van der Waals surface area (Å²) in [5, 5.41) is 0. The molecule has 32 heavy (non-hydrogen) atoms. The van der Waals surface area contributed by atoms with Crippen LogP contribution in [0.3, 0.4) is 0 Å². The molecule has 0 spiro atoms. The van der Waals surface area contributed by atoms with Gasteiger partial charge in [-0.3, -0.25) is 9.52 Å². The van der Waals surface area contributed by atoms with Gasteiger partial charge in [0.15, 0.2) is 0 Å². The average molecular weight is 457 g/mol. The Morgan fingerprint density at radius 1 is 1.22 bits per heavy atom. The van der Waals surface area contributed by atoms with E-state index in [2.05, 4.69) is 23.6 Å². The second kappa shape index (κ2) is 9.22. The molecule has 3 unspecified atom stereocenters. The van der Waals surface area contributed by atoms with Crippen molar-refractivity contribution in [3.05, 3.63) is 42.1 Å². The Bertz CT molecular complexity index is 1010. The third-order valence-electron chi connectivity index (χ3n) is 6.90. The highest BCUT2D eigenvalue weighted by atomic mass is 32.2. The van der Waals surface area contributed by atoms with Crippen molar-refractivity contribution in [3.8, 4) is 22.8 Å². The molecular weight excluding hydrogens is 424 g/mol. The van der Waals surface area contributed by atoms with Crippen LogP contribution in [0.1, 0.15) is 49.9 Å². The Morgan fingerprint density at radius 3 is 2.59 bits per heavy atom. The Labute approximate surface area is 192 Å². The highest BCUT2D eigenvalue weighted by Crippen LogP contribution is 2.54. The number of methoxy groups -OCH3 is 1. The molecule has 2 aliphatic carbocycles. The second-order valence-corrected chi connectivity index (χ2v) is 10.9. The number of rotatable bonds is 7. The Morgan fingerprint density at radius 2 is 1.94 bits per heavy atom. The first-order valence-corrected chi connectivity index (χ1v) is 12.7. The fourth-order valence-corrected chi connectivity index (χ4v) is 6.07. The van der Waals surface area contributed by atoms with E-state index in [0.29, 0.717) is 23.8 Å². The SMILES string of the molecule is COc1ncccc1-c1cc(C(=O)NS(C)=O)ccc1OCC1(C)CC2CC(C)CC2C1. The van der Waals surface area contributed by atoms with Gasteiger partial charge in [0.2, 0.25) is 5.88 Å². The lowest BCUT2D eigenvalue weighted by Gasteiger charge is -2.26. The van der Waals surface area contributed by atoms with Crippen molar-refractivity contribution in [2.45, 2.75) is 39.5 Å². The van der Waals surface area contributed by atoms with Gasteiger partial charge in [0.1, 0.15) is 16.7 Å². The van der Waals surface area contributed by atoms with Crippen molar-refractivity contribution < 1.29 is 18.5 Å². The molecule has 2 fully saturated rings. The number of nitrogens with one attached hydrogen (secondary N) is 1. The first-order valence-electron chi connectivity index (χ1n) is 11.2. The largest absolute Gasteiger partial charge is 0.492 e. The molecule has 1 heterocycles. The molecule has 4 rings (SSSR count). The summed E-state index contributed by atoms with van der Waals surface area (Å²) in [6, 6.07) is 9.01. The molecule has 0 radical (unpaired) electrons. The van der Waals surface area contributed by atoms with Crippen LogP contribution in [0, 0.1) is 23.2 Å². The molecule has 0 aliphatic heterocycles. The summed E-state index contributed by atoms with van der Waals surface area (Å²) in [7, 11) is 0.130. The van der Waals surface area contributed by atoms with Crippen LogP contribution in [0.25, 0.3) is 11.1 Å². The lowest BCUT2D eigenvalue weighted by Crippen LogP contribution is -2.25. The summed E-state index contributed by atoms with van der Waals surface area (Å²) in [6.45, 7) is 5.33. The lowest BCUT2D eigenvalue weighted by atomic mass is 9.86. The zero-order valence-corrected chi connectivity index (χ0v) is 20.0. The van der Waals surface area contributed by atoms with Crippen LogP contribution in [0.4, 0.5) is 0 Å². The first-order chi connectivity index (χ1) is 15.3. The number of ether oxygens (including phenoxy) is 2. The molecule has 2 aromatic rings. The number of fused-ring (bicyclic) bond motifs is 1. The van der Waals surface area contributed by atoms with E-state index < -0.39 is 16.9 Å². The van der Waals surface area contributed by atoms with Gasteiger partial charge in [0.25, 0.3) is 5.91 Å². The Balaban J connectivity index is 1.61. The maximum absolute atomic E-state index is 12.5. The molecule has 172 valence electrons. The molecule has 0 saturated heterocycles. The van der Waals surface area contributed by atoms with E-state index in [4.69, 9.17) is 9.47 Å². The Kier molecular flexibility index (Phi) is 6.56. The van der Waals surface area contributed by atoms with Crippen LogP contribution < -0.4 is 14.2 Å². The fraction of sp³-hybridized carbons (Fsp3) is 0.520. The zero-order valence-electron chi connectivity index (χ0n) is 19.2. The average Bonchev–Trinajstić information content (AvgIpc) is 3.24. The van der Waals surface area contributed by atoms with Crippen molar-refractivity contribution in [3.63, 3.8) is 0 Å². The minimum atomic E-state index is -1.44. The molecular formula is C25H32N2O4S. The third kappa shape index (κ3) is 4.82. The number of nitrogens with zero attached hydrogens (tertiary/aromatic N) is 1. The standard InChI is InChI=1S/C25H32N2O4S/c1-16-10-18-13-25(2,14-19(18)11-16)15-31-22-8-7-17(23(28)27-32(4)29)12-21(22)20-6-5-9-26-24(20)30-3/h5-9,12,16,18-19H,10-11,13-15H2,1-4H3,(H,27,28). The molecule has 0 bridgehead atoms. The van der Waals surface area contributed by atoms with Gasteiger partial charge in [-0.1, -0.05) is 13.8 Å². The van der Waals surface area contributed by atoms with E-state index in [1.54, 1.807) is 25.4 Å². The maximum Gasteiger partial charge on any atom is 0.262 e. The van der Waals surface area contributed by atoms with Gasteiger partial charge in [0.05, 0.1) is 13.7 Å². The van der Waals surface area contributed by atoms with E-state index in [-0.39, 0.29) is 5.41 Å². The number of benzene rings is 1. The number of aromatic nitrogens is 1. The number of hydrogen-bond donors (Lipinski definition) is 1. The van der Waals surface area contributed by atoms with Gasteiger partial charge >= 0.3 is 0 Å². The monoisotopic (exact) mass is 456 g/mol. The normalized spacial score (nSPS) is 27.6. The van der Waals surface area contributed by atoms with Gasteiger partial charge in [-0.2, -0.15) is 0 Å². The number of carbonyl (C=O) groups is 1. The van der Waals surface area contributed by atoms with Gasteiger partial charge in [0, 0.05) is 34.6 Å². The van der Waals surface area contributed by atoms with Crippen LogP contribution in [0.5, 0.6) is 11.6 Å². The van der Waals surface area contributed by atoms with Crippen molar-refractivity contribution in [1.29, 1.82) is 0 Å². The van der Waals surface area contributed by atoms with Gasteiger partial charge in [-0.05, 0) is 73.8 Å². The highest BCUT2D eigenvalue weighted by Gasteiger charge is 2.46. The number of amides is 1. The zero-order chi connectivity index (χ0) is 22.9. The summed E-state index contributed by atoms with van der Waals surface area (Å²) in [4.78, 5) is 16.8. The van der Waals surface area contributed by atoms with Crippen LogP contribution >= 0.6 is 0 Å². The van der Waals surface area contributed by atoms with Crippen molar-refractivity contribution >= 4 is 16.9 Å². The van der Waals surface area contributed by atoms with Crippen molar-refractivity contribution in [2.24, 2.45) is 23.2 Å². The molecule has 1 N–H and O–H groups in total. The molecule has 1 amide bonds. The second-order valence-electron chi connectivity index (χ2n) is 9.76. The number of hydrogen-bond acceptors (Lipinski definition) is 5. The number of pyridine rings is 1. The minimum absolute atomic E-state index is 0.154. The van der Waals surface area contributed by atoms with E-state index in [0.717, 1.165) is 28.9 Å². The molecule has 2 saturated carbocycles. The smallest absolute Gasteiger partial charge is 0.262 e. The van der Waals surface area contributed by atoms with Crippen molar-refractivity contribution in [1.82, 2.24) is 9.71 Å². The van der Waals surface area contributed by atoms with Gasteiger partial charge in [-0.15, -0.1) is 0 Å². The van der Waals surface area contributed by atoms with Crippen LogP contribution in [0.15, 0.2) is 36.5 Å². The summed E-state index contributed by atoms with van der Waals surface area (Å²) in [5.41, 5.74) is 2.05. The Hall–Kier alpha value is -2.41. The predicted octanol–water partition coefficient (Wildman–Crippen LogP) is 4.62. The summed E-state index contributed by atoms with van der Waals surface area (Å²) < 4.78 is 25.8. The predicted molar refractivity (Wildman–Crippen MR) is 126 cm³/mol. The van der Waals surface area contributed by atoms with Gasteiger partial charge in [-0.25, -0.2) is 9.19 Å². The molecule has 1 aromatic heterocycles. The highest BCUT2D eigenvalue weighted by molar-refractivity contribution is 7.82.